The van der Waals surface area contributed by atoms with E-state index in [0.717, 1.165) is 45.3 Å². The highest BCUT2D eigenvalue weighted by atomic mass is 19.1. The number of phenolic OH excluding ortho intramolecular Hbond substituents is 1. The molecule has 2 aliphatic heterocycles. The molecule has 1 aliphatic carbocycles. The Morgan fingerprint density at radius 1 is 1.12 bits per heavy atom. The van der Waals surface area contributed by atoms with Crippen LogP contribution in [0.25, 0.3) is 32.9 Å². The minimum atomic E-state index is -0.667. The molecule has 0 radical (unpaired) electrons. The summed E-state index contributed by atoms with van der Waals surface area (Å²) in [7, 11) is 4.05. The molecule has 1 spiro atoms. The molecule has 3 aliphatic rings. The Hall–Kier alpha value is -3.63. The summed E-state index contributed by atoms with van der Waals surface area (Å²) in [5, 5.41) is 12.1. The monoisotopic (exact) mass is 575 g/mol. The topological polar surface area (TPSA) is 83.8 Å². The second-order valence-electron chi connectivity index (χ2n) is 12.2. The van der Waals surface area contributed by atoms with Gasteiger partial charge in [0.1, 0.15) is 35.2 Å². The molecule has 1 atom stereocenters. The van der Waals surface area contributed by atoms with Gasteiger partial charge in [-0.1, -0.05) is 13.0 Å². The molecule has 0 amide bonds. The fourth-order valence-corrected chi connectivity index (χ4v) is 6.60. The van der Waals surface area contributed by atoms with Gasteiger partial charge in [0.25, 0.3) is 0 Å². The fraction of sp³-hybridized carbons (Fsp3) is 0.469. The summed E-state index contributed by atoms with van der Waals surface area (Å²) >= 11 is 0. The number of aryl methyl sites for hydroxylation is 1. The van der Waals surface area contributed by atoms with Crippen LogP contribution in [0.3, 0.4) is 0 Å². The van der Waals surface area contributed by atoms with Gasteiger partial charge in [0, 0.05) is 31.3 Å². The Morgan fingerprint density at radius 2 is 1.93 bits per heavy atom. The number of benzene rings is 2. The number of aromatic nitrogens is 3. The Morgan fingerprint density at radius 3 is 2.62 bits per heavy atom. The number of pyridine rings is 1. The smallest absolute Gasteiger partial charge is 0.319 e. The number of phenols is 1. The summed E-state index contributed by atoms with van der Waals surface area (Å²) < 4.78 is 43.7. The van der Waals surface area contributed by atoms with E-state index in [1.807, 2.05) is 21.0 Å². The van der Waals surface area contributed by atoms with Crippen molar-refractivity contribution in [2.45, 2.75) is 56.6 Å². The average Bonchev–Trinajstić information content (AvgIpc) is 3.77. The summed E-state index contributed by atoms with van der Waals surface area (Å²) in [5.41, 5.74) is 0.545. The van der Waals surface area contributed by atoms with Gasteiger partial charge in [-0.2, -0.15) is 9.97 Å². The second-order valence-corrected chi connectivity index (χ2v) is 12.2. The van der Waals surface area contributed by atoms with Crippen LogP contribution in [0.2, 0.25) is 0 Å². The summed E-state index contributed by atoms with van der Waals surface area (Å²) in [6, 6.07) is 6.06. The van der Waals surface area contributed by atoms with Gasteiger partial charge in [0.05, 0.1) is 23.1 Å². The van der Waals surface area contributed by atoms with Crippen LogP contribution in [0.1, 0.15) is 44.6 Å². The van der Waals surface area contributed by atoms with Gasteiger partial charge in [0.15, 0.2) is 5.82 Å². The van der Waals surface area contributed by atoms with Crippen LogP contribution in [-0.2, 0) is 11.2 Å². The molecule has 0 unspecified atom stereocenters. The number of hydrogen-bond donors (Lipinski definition) is 1. The van der Waals surface area contributed by atoms with E-state index >= 15 is 4.39 Å². The quantitative estimate of drug-likeness (QED) is 0.304. The number of piperidine rings is 1. The summed E-state index contributed by atoms with van der Waals surface area (Å²) in [6.45, 7) is 4.39. The van der Waals surface area contributed by atoms with Gasteiger partial charge in [-0.25, -0.2) is 8.78 Å². The number of halogens is 2. The molecule has 1 N–H and O–H groups in total. The molecular weight excluding hydrogens is 540 g/mol. The zero-order valence-corrected chi connectivity index (χ0v) is 24.2. The Balaban J connectivity index is 1.39. The van der Waals surface area contributed by atoms with Crippen molar-refractivity contribution >= 4 is 27.5 Å². The number of rotatable bonds is 7. The Bertz CT molecular complexity index is 1700. The second kappa shape index (κ2) is 9.98. The number of nitrogens with zero attached hydrogens (tertiary/aromatic N) is 5. The molecule has 0 bridgehead atoms. The lowest BCUT2D eigenvalue weighted by Gasteiger charge is -2.48. The number of aromatic hydroxyl groups is 1. The minimum absolute atomic E-state index is 0.0105. The highest BCUT2D eigenvalue weighted by Gasteiger charge is 2.46. The van der Waals surface area contributed by atoms with E-state index in [2.05, 4.69) is 19.8 Å². The van der Waals surface area contributed by atoms with E-state index in [1.165, 1.54) is 12.1 Å². The van der Waals surface area contributed by atoms with Gasteiger partial charge in [-0.05, 0) is 80.7 Å². The zero-order chi connectivity index (χ0) is 29.2. The largest absolute Gasteiger partial charge is 0.508 e. The van der Waals surface area contributed by atoms with Crippen molar-refractivity contribution in [2.24, 2.45) is 0 Å². The molecule has 3 fully saturated rings. The highest BCUT2D eigenvalue weighted by molar-refractivity contribution is 6.01. The first kappa shape index (κ1) is 27.2. The van der Waals surface area contributed by atoms with Crippen LogP contribution < -0.4 is 9.64 Å². The van der Waals surface area contributed by atoms with Gasteiger partial charge in [-0.15, -0.1) is 0 Å². The third-order valence-electron chi connectivity index (χ3n) is 9.46. The number of anilines is 1. The number of fused-ring (bicyclic) bond motifs is 2. The van der Waals surface area contributed by atoms with Gasteiger partial charge >= 0.3 is 6.01 Å². The molecule has 8 nitrogen and oxygen atoms in total. The van der Waals surface area contributed by atoms with Gasteiger partial charge in [0.2, 0.25) is 0 Å². The predicted octanol–water partition coefficient (Wildman–Crippen LogP) is 5.62. The van der Waals surface area contributed by atoms with Crippen molar-refractivity contribution in [3.05, 3.63) is 47.7 Å². The SMILES string of the molecule is CCc1c(F)ccc2cc(O)cc(-c3ncc4c(N5CCC[C@]6(CCO6)C5)nc(OCC5(N(C)C)CC5)nc4c3F)c12. The highest BCUT2D eigenvalue weighted by Crippen LogP contribution is 2.43. The van der Waals surface area contributed by atoms with Crippen LogP contribution in [0.4, 0.5) is 14.6 Å². The van der Waals surface area contributed by atoms with E-state index in [1.54, 1.807) is 18.3 Å². The first-order valence-corrected chi connectivity index (χ1v) is 14.7. The van der Waals surface area contributed by atoms with Crippen molar-refractivity contribution in [3.8, 4) is 23.0 Å². The van der Waals surface area contributed by atoms with Crippen LogP contribution >= 0.6 is 0 Å². The lowest BCUT2D eigenvalue weighted by atomic mass is 9.86. The van der Waals surface area contributed by atoms with E-state index in [9.17, 15) is 9.50 Å². The predicted molar refractivity (Wildman–Crippen MR) is 157 cm³/mol. The molecular formula is C32H35F2N5O3. The fourth-order valence-electron chi connectivity index (χ4n) is 6.60. The van der Waals surface area contributed by atoms with Crippen LogP contribution in [0.15, 0.2) is 30.5 Å². The zero-order valence-electron chi connectivity index (χ0n) is 24.2. The summed E-state index contributed by atoms with van der Waals surface area (Å²) in [4.78, 5) is 18.2. The van der Waals surface area contributed by atoms with Crippen LogP contribution in [-0.4, -0.2) is 76.5 Å². The van der Waals surface area contributed by atoms with Gasteiger partial charge in [-0.3, -0.25) is 4.98 Å². The van der Waals surface area contributed by atoms with E-state index in [0.29, 0.717) is 52.7 Å². The van der Waals surface area contributed by atoms with Crippen LogP contribution in [0, 0.1) is 11.6 Å². The summed E-state index contributed by atoms with van der Waals surface area (Å²) in [5.74, 6) is -0.541. The van der Waals surface area contributed by atoms with Crippen molar-refractivity contribution in [1.29, 1.82) is 0 Å². The summed E-state index contributed by atoms with van der Waals surface area (Å²) in [6.07, 6.45) is 6.90. The van der Waals surface area contributed by atoms with E-state index in [4.69, 9.17) is 14.5 Å². The molecule has 220 valence electrons. The third kappa shape index (κ3) is 4.43. The standard InChI is InChI=1S/C32H35F2N5O3/c1-4-21-24(33)7-6-19-14-20(40)15-22(25(19)21)27-26(34)28-23(16-35-27)29(39-12-5-8-32(17-39)11-13-42-32)37-30(36-28)41-18-31(9-10-31)38(2)3/h6-7,14-16,40H,4-5,8-13,17-18H2,1-3H3/t32-/m0/s1. The first-order chi connectivity index (χ1) is 20.2. The van der Waals surface area contributed by atoms with Gasteiger partial charge < -0.3 is 24.4 Å². The number of ether oxygens (including phenoxy) is 2. The average molecular weight is 576 g/mol. The van der Waals surface area contributed by atoms with Crippen LogP contribution in [0.5, 0.6) is 11.8 Å². The molecule has 2 aromatic carbocycles. The molecule has 4 heterocycles. The number of likely N-dealkylation sites (N-methyl/N-ethyl adjacent to an activating group) is 1. The normalized spacial score (nSPS) is 21.3. The molecule has 42 heavy (non-hydrogen) atoms. The maximum absolute atomic E-state index is 16.7. The van der Waals surface area contributed by atoms with Crippen molar-refractivity contribution in [2.75, 3.05) is 45.3 Å². The molecule has 2 aromatic heterocycles. The van der Waals surface area contributed by atoms with E-state index < -0.39 is 5.82 Å². The number of hydrogen-bond acceptors (Lipinski definition) is 8. The molecule has 2 saturated heterocycles. The molecule has 1 saturated carbocycles. The molecule has 4 aromatic rings. The molecule has 7 rings (SSSR count). The third-order valence-corrected chi connectivity index (χ3v) is 9.46. The minimum Gasteiger partial charge on any atom is -0.508 e. The molecule has 10 heteroatoms. The lowest BCUT2D eigenvalue weighted by molar-refractivity contribution is -0.151. The van der Waals surface area contributed by atoms with Crippen molar-refractivity contribution in [1.82, 2.24) is 19.9 Å². The van der Waals surface area contributed by atoms with Crippen molar-refractivity contribution < 1.29 is 23.4 Å². The lowest BCUT2D eigenvalue weighted by Crippen LogP contribution is -2.56. The Kier molecular flexibility index (Phi) is 6.47. The first-order valence-electron chi connectivity index (χ1n) is 14.7. The van der Waals surface area contributed by atoms with Crippen molar-refractivity contribution in [3.63, 3.8) is 0 Å². The van der Waals surface area contributed by atoms with E-state index in [-0.39, 0.29) is 39.9 Å². The Labute approximate surface area is 243 Å². The maximum atomic E-state index is 16.7. The maximum Gasteiger partial charge on any atom is 0.319 e.